The fourth-order valence-corrected chi connectivity index (χ4v) is 3.58. The number of hydrogen-bond acceptors (Lipinski definition) is 4. The zero-order chi connectivity index (χ0) is 16.4. The van der Waals surface area contributed by atoms with Crippen molar-refractivity contribution >= 4 is 11.3 Å². The number of thiazole rings is 1. The normalized spacial score (nSPS) is 10.8. The molecule has 0 unspecified atom stereocenters. The maximum absolute atomic E-state index is 5.74. The Labute approximate surface area is 140 Å². The first-order valence-electron chi connectivity index (χ1n) is 7.54. The van der Waals surface area contributed by atoms with Crippen LogP contribution < -0.4 is 10.5 Å². The summed E-state index contributed by atoms with van der Waals surface area (Å²) in [6.45, 7) is 4.71. The van der Waals surface area contributed by atoms with Crippen LogP contribution in [0.3, 0.4) is 0 Å². The van der Waals surface area contributed by atoms with Crippen molar-refractivity contribution in [3.8, 4) is 27.6 Å². The van der Waals surface area contributed by atoms with Gasteiger partial charge < -0.3 is 10.5 Å². The fourth-order valence-electron chi connectivity index (χ4n) is 2.64. The van der Waals surface area contributed by atoms with Gasteiger partial charge in [-0.15, -0.1) is 11.3 Å². The van der Waals surface area contributed by atoms with Crippen LogP contribution in [-0.4, -0.2) is 12.1 Å². The number of nitrogens with zero attached hydrogens (tertiary/aromatic N) is 1. The molecule has 0 amide bonds. The van der Waals surface area contributed by atoms with E-state index in [1.165, 1.54) is 4.88 Å². The van der Waals surface area contributed by atoms with E-state index >= 15 is 0 Å². The van der Waals surface area contributed by atoms with Crippen molar-refractivity contribution in [3.05, 3.63) is 58.5 Å². The monoisotopic (exact) mass is 324 g/mol. The van der Waals surface area contributed by atoms with Crippen LogP contribution in [0, 0.1) is 13.8 Å². The van der Waals surface area contributed by atoms with Gasteiger partial charge >= 0.3 is 0 Å². The second-order valence-electron chi connectivity index (χ2n) is 5.51. The summed E-state index contributed by atoms with van der Waals surface area (Å²) in [6.07, 6.45) is 0. The Morgan fingerprint density at radius 1 is 1.09 bits per heavy atom. The summed E-state index contributed by atoms with van der Waals surface area (Å²) in [7, 11) is 1.69. The fraction of sp³-hybridized carbons (Fsp3) is 0.211. The smallest absolute Gasteiger partial charge is 0.124 e. The average Bonchev–Trinajstić information content (AvgIpc) is 2.96. The Kier molecular flexibility index (Phi) is 4.46. The largest absolute Gasteiger partial charge is 0.496 e. The van der Waals surface area contributed by atoms with Crippen LogP contribution >= 0.6 is 11.3 Å². The molecule has 1 aromatic heterocycles. The summed E-state index contributed by atoms with van der Waals surface area (Å²) in [6, 6.07) is 14.5. The minimum atomic E-state index is 0.544. The predicted octanol–water partition coefficient (Wildman–Crippen LogP) is 4.56. The SMILES string of the molecule is COc1ccc(-c2nc(-c3cccc(CN)c3)sc2C)cc1C. The quantitative estimate of drug-likeness (QED) is 0.765. The number of aromatic nitrogens is 1. The second kappa shape index (κ2) is 6.52. The van der Waals surface area contributed by atoms with Crippen LogP contribution in [-0.2, 0) is 6.54 Å². The lowest BCUT2D eigenvalue weighted by Crippen LogP contribution is -1.95. The number of aryl methyl sites for hydroxylation is 2. The molecule has 0 radical (unpaired) electrons. The molecule has 4 heteroatoms. The molecule has 0 aliphatic rings. The van der Waals surface area contributed by atoms with Crippen LogP contribution in [0.1, 0.15) is 16.0 Å². The molecule has 0 bridgehead atoms. The molecule has 2 aromatic carbocycles. The maximum Gasteiger partial charge on any atom is 0.124 e. The lowest BCUT2D eigenvalue weighted by Gasteiger charge is -2.06. The zero-order valence-corrected chi connectivity index (χ0v) is 14.4. The van der Waals surface area contributed by atoms with Crippen LogP contribution in [0.4, 0.5) is 0 Å². The lowest BCUT2D eigenvalue weighted by molar-refractivity contribution is 0.412. The van der Waals surface area contributed by atoms with Crippen molar-refractivity contribution in [2.45, 2.75) is 20.4 Å². The summed E-state index contributed by atoms with van der Waals surface area (Å²) >= 11 is 1.71. The number of hydrogen-bond donors (Lipinski definition) is 1. The first-order valence-corrected chi connectivity index (χ1v) is 8.36. The molecule has 0 saturated heterocycles. The zero-order valence-electron chi connectivity index (χ0n) is 13.6. The van der Waals surface area contributed by atoms with Gasteiger partial charge in [-0.1, -0.05) is 18.2 Å². The van der Waals surface area contributed by atoms with E-state index in [1.54, 1.807) is 18.4 Å². The predicted molar refractivity (Wildman–Crippen MR) is 96.9 cm³/mol. The lowest BCUT2D eigenvalue weighted by atomic mass is 10.1. The number of ether oxygens (including phenoxy) is 1. The van der Waals surface area contributed by atoms with Crippen molar-refractivity contribution in [3.63, 3.8) is 0 Å². The van der Waals surface area contributed by atoms with Gasteiger partial charge in [0.1, 0.15) is 10.8 Å². The van der Waals surface area contributed by atoms with E-state index in [2.05, 4.69) is 38.1 Å². The van der Waals surface area contributed by atoms with Crippen LogP contribution in [0.5, 0.6) is 5.75 Å². The van der Waals surface area contributed by atoms with E-state index in [1.807, 2.05) is 18.2 Å². The molecular weight excluding hydrogens is 304 g/mol. The molecular formula is C19H20N2OS. The Bertz CT molecular complexity index is 839. The molecule has 2 N–H and O–H groups in total. The summed E-state index contributed by atoms with van der Waals surface area (Å²) in [5.74, 6) is 0.900. The number of nitrogens with two attached hydrogens (primary N) is 1. The molecule has 118 valence electrons. The maximum atomic E-state index is 5.74. The number of rotatable bonds is 4. The van der Waals surface area contributed by atoms with Gasteiger partial charge in [-0.2, -0.15) is 0 Å². The van der Waals surface area contributed by atoms with Crippen molar-refractivity contribution < 1.29 is 4.74 Å². The summed E-state index contributed by atoms with van der Waals surface area (Å²) in [5, 5.41) is 1.03. The highest BCUT2D eigenvalue weighted by molar-refractivity contribution is 7.15. The third kappa shape index (κ3) is 3.14. The highest BCUT2D eigenvalue weighted by Gasteiger charge is 2.12. The molecule has 3 rings (SSSR count). The van der Waals surface area contributed by atoms with Crippen LogP contribution in [0.2, 0.25) is 0 Å². The van der Waals surface area contributed by atoms with Gasteiger partial charge in [-0.05, 0) is 49.2 Å². The van der Waals surface area contributed by atoms with E-state index in [4.69, 9.17) is 15.5 Å². The number of benzene rings is 2. The summed E-state index contributed by atoms with van der Waals surface area (Å²) < 4.78 is 5.34. The standard InChI is InChI=1S/C19H20N2OS/c1-12-9-15(7-8-17(12)22-3)18-13(2)23-19(21-18)16-6-4-5-14(10-16)11-20/h4-10H,11,20H2,1-3H3. The Morgan fingerprint density at radius 2 is 1.91 bits per heavy atom. The van der Waals surface area contributed by atoms with E-state index in [0.29, 0.717) is 6.54 Å². The van der Waals surface area contributed by atoms with Crippen LogP contribution in [0.15, 0.2) is 42.5 Å². The van der Waals surface area contributed by atoms with Crippen LogP contribution in [0.25, 0.3) is 21.8 Å². The van der Waals surface area contributed by atoms with Crippen molar-refractivity contribution in [1.82, 2.24) is 4.98 Å². The minimum absolute atomic E-state index is 0.544. The van der Waals surface area contributed by atoms with Crippen molar-refractivity contribution in [2.75, 3.05) is 7.11 Å². The topological polar surface area (TPSA) is 48.1 Å². The van der Waals surface area contributed by atoms with Gasteiger partial charge in [-0.25, -0.2) is 4.98 Å². The molecule has 0 aliphatic heterocycles. The first-order chi connectivity index (χ1) is 11.1. The highest BCUT2D eigenvalue weighted by Crippen LogP contribution is 2.35. The molecule has 3 nitrogen and oxygen atoms in total. The van der Waals surface area contributed by atoms with E-state index in [-0.39, 0.29) is 0 Å². The van der Waals surface area contributed by atoms with Gasteiger partial charge in [0.15, 0.2) is 0 Å². The van der Waals surface area contributed by atoms with Gasteiger partial charge in [0.2, 0.25) is 0 Å². The molecule has 0 atom stereocenters. The molecule has 0 saturated carbocycles. The van der Waals surface area contributed by atoms with Crippen molar-refractivity contribution in [1.29, 1.82) is 0 Å². The highest BCUT2D eigenvalue weighted by atomic mass is 32.1. The van der Waals surface area contributed by atoms with E-state index in [0.717, 1.165) is 38.7 Å². The molecule has 0 spiro atoms. The van der Waals surface area contributed by atoms with Gasteiger partial charge in [-0.3, -0.25) is 0 Å². The van der Waals surface area contributed by atoms with E-state index < -0.39 is 0 Å². The molecule has 0 fully saturated rings. The Morgan fingerprint density at radius 3 is 2.61 bits per heavy atom. The third-order valence-electron chi connectivity index (χ3n) is 3.87. The Hall–Kier alpha value is -2.17. The third-order valence-corrected chi connectivity index (χ3v) is 4.89. The summed E-state index contributed by atoms with van der Waals surface area (Å²) in [4.78, 5) is 6.07. The summed E-state index contributed by atoms with van der Waals surface area (Å²) in [5.41, 5.74) is 11.3. The van der Waals surface area contributed by atoms with Gasteiger partial charge in [0, 0.05) is 22.5 Å². The molecule has 0 aliphatic carbocycles. The number of methoxy groups -OCH3 is 1. The minimum Gasteiger partial charge on any atom is -0.496 e. The van der Waals surface area contributed by atoms with Gasteiger partial charge in [0.25, 0.3) is 0 Å². The van der Waals surface area contributed by atoms with Crippen molar-refractivity contribution in [2.24, 2.45) is 5.73 Å². The average molecular weight is 324 g/mol. The molecule has 3 aromatic rings. The second-order valence-corrected chi connectivity index (χ2v) is 6.72. The molecule has 23 heavy (non-hydrogen) atoms. The van der Waals surface area contributed by atoms with E-state index in [9.17, 15) is 0 Å². The molecule has 1 heterocycles. The Balaban J connectivity index is 2.02. The van der Waals surface area contributed by atoms with Gasteiger partial charge in [0.05, 0.1) is 12.8 Å². The first kappa shape index (κ1) is 15.7.